The fourth-order valence-corrected chi connectivity index (χ4v) is 3.55. The van der Waals surface area contributed by atoms with Gasteiger partial charge in [0.25, 0.3) is 0 Å². The van der Waals surface area contributed by atoms with Crippen LogP contribution in [0.3, 0.4) is 0 Å². The molecule has 0 spiro atoms. The second-order valence-electron chi connectivity index (χ2n) is 5.21. The van der Waals surface area contributed by atoms with E-state index < -0.39 is 28.5 Å². The van der Waals surface area contributed by atoms with Crippen molar-refractivity contribution in [3.05, 3.63) is 34.9 Å². The summed E-state index contributed by atoms with van der Waals surface area (Å²) < 4.78 is 43.2. The van der Waals surface area contributed by atoms with E-state index >= 15 is 0 Å². The molecular weight excluding hydrogens is 342 g/mol. The third kappa shape index (κ3) is 4.23. The van der Waals surface area contributed by atoms with Crippen molar-refractivity contribution < 1.29 is 22.1 Å². The highest BCUT2D eigenvalue weighted by molar-refractivity contribution is 7.84. The Morgan fingerprint density at radius 2 is 1.87 bits per heavy atom. The zero-order valence-corrected chi connectivity index (χ0v) is 15.0. The van der Waals surface area contributed by atoms with Crippen LogP contribution in [0.25, 0.3) is 0 Å². The minimum absolute atomic E-state index is 0.222. The SMILES string of the molecule is CCNS(=O)(=O)OC1OC(CC)(CC)OC1c1ccccc1Cl. The maximum absolute atomic E-state index is 11.9. The molecule has 2 atom stereocenters. The van der Waals surface area contributed by atoms with Crippen LogP contribution >= 0.6 is 11.6 Å². The van der Waals surface area contributed by atoms with Gasteiger partial charge in [-0.2, -0.15) is 13.1 Å². The predicted molar refractivity (Wildman–Crippen MR) is 87.1 cm³/mol. The van der Waals surface area contributed by atoms with Crippen molar-refractivity contribution in [3.8, 4) is 0 Å². The van der Waals surface area contributed by atoms with Crippen molar-refractivity contribution in [1.82, 2.24) is 4.72 Å². The first kappa shape index (κ1) is 18.6. The predicted octanol–water partition coefficient (Wildman–Crippen LogP) is 3.14. The summed E-state index contributed by atoms with van der Waals surface area (Å²) in [5, 5.41) is 0.471. The van der Waals surface area contributed by atoms with E-state index in [9.17, 15) is 8.42 Å². The lowest BCUT2D eigenvalue weighted by Crippen LogP contribution is -2.34. The van der Waals surface area contributed by atoms with Crippen LogP contribution in [-0.2, 0) is 24.0 Å². The van der Waals surface area contributed by atoms with Crippen LogP contribution in [0.2, 0.25) is 5.02 Å². The van der Waals surface area contributed by atoms with Gasteiger partial charge in [0.05, 0.1) is 0 Å². The highest BCUT2D eigenvalue weighted by Gasteiger charge is 2.49. The van der Waals surface area contributed by atoms with Crippen LogP contribution in [0.5, 0.6) is 0 Å². The number of ether oxygens (including phenoxy) is 2. The second-order valence-corrected chi connectivity index (χ2v) is 7.01. The standard InChI is InChI=1S/C15H22ClNO5S/c1-4-15(5-2)20-13(11-9-7-8-10-12(11)16)14(21-15)22-23(18,19)17-6-3/h7-10,13-14,17H,4-6H2,1-3H3. The minimum Gasteiger partial charge on any atom is -0.336 e. The van der Waals surface area contributed by atoms with Gasteiger partial charge >= 0.3 is 10.3 Å². The van der Waals surface area contributed by atoms with Gasteiger partial charge in [0.15, 0.2) is 5.79 Å². The lowest BCUT2D eigenvalue weighted by molar-refractivity contribution is -0.196. The molecule has 0 aromatic heterocycles. The van der Waals surface area contributed by atoms with Gasteiger partial charge in [-0.1, -0.05) is 50.6 Å². The third-order valence-electron chi connectivity index (χ3n) is 3.75. The molecule has 8 heteroatoms. The first-order valence-corrected chi connectivity index (χ1v) is 9.43. The highest BCUT2D eigenvalue weighted by Crippen LogP contribution is 2.44. The molecule has 1 fully saturated rings. The van der Waals surface area contributed by atoms with E-state index in [1.165, 1.54) is 0 Å². The Kier molecular flexibility index (Phi) is 6.05. The van der Waals surface area contributed by atoms with E-state index in [0.717, 1.165) is 0 Å². The van der Waals surface area contributed by atoms with Crippen molar-refractivity contribution in [2.75, 3.05) is 6.54 Å². The summed E-state index contributed by atoms with van der Waals surface area (Å²) >= 11 is 6.23. The Morgan fingerprint density at radius 1 is 1.22 bits per heavy atom. The van der Waals surface area contributed by atoms with Crippen molar-refractivity contribution in [2.45, 2.75) is 51.8 Å². The summed E-state index contributed by atoms with van der Waals surface area (Å²) in [4.78, 5) is 0. The third-order valence-corrected chi connectivity index (χ3v) is 5.18. The number of halogens is 1. The summed E-state index contributed by atoms with van der Waals surface area (Å²) in [6.07, 6.45) is -0.701. The molecule has 130 valence electrons. The maximum Gasteiger partial charge on any atom is 0.338 e. The minimum atomic E-state index is -3.93. The van der Waals surface area contributed by atoms with Gasteiger partial charge in [-0.3, -0.25) is 0 Å². The quantitative estimate of drug-likeness (QED) is 0.805. The van der Waals surface area contributed by atoms with Gasteiger partial charge in [0.1, 0.15) is 6.10 Å². The lowest BCUT2D eigenvalue weighted by atomic mass is 10.1. The topological polar surface area (TPSA) is 73.9 Å². The van der Waals surface area contributed by atoms with Crippen LogP contribution < -0.4 is 4.72 Å². The number of hydrogen-bond acceptors (Lipinski definition) is 5. The van der Waals surface area contributed by atoms with E-state index in [1.54, 1.807) is 31.2 Å². The van der Waals surface area contributed by atoms with Crippen LogP contribution in [0.4, 0.5) is 0 Å². The first-order chi connectivity index (χ1) is 10.9. The van der Waals surface area contributed by atoms with Gasteiger partial charge < -0.3 is 9.47 Å². The monoisotopic (exact) mass is 363 g/mol. The first-order valence-electron chi connectivity index (χ1n) is 7.64. The van der Waals surface area contributed by atoms with E-state index in [0.29, 0.717) is 23.4 Å². The number of hydrogen-bond donors (Lipinski definition) is 1. The summed E-state index contributed by atoms with van der Waals surface area (Å²) in [6.45, 7) is 5.71. The molecule has 0 aliphatic carbocycles. The molecule has 2 rings (SSSR count). The molecule has 0 amide bonds. The zero-order valence-electron chi connectivity index (χ0n) is 13.4. The average molecular weight is 364 g/mol. The fraction of sp³-hybridized carbons (Fsp3) is 0.600. The molecule has 1 aromatic rings. The van der Waals surface area contributed by atoms with Crippen LogP contribution in [-0.4, -0.2) is 27.0 Å². The normalized spacial score (nSPS) is 24.0. The number of benzene rings is 1. The summed E-state index contributed by atoms with van der Waals surface area (Å²) in [5.74, 6) is -0.893. The molecule has 1 saturated heterocycles. The molecule has 23 heavy (non-hydrogen) atoms. The Balaban J connectivity index is 2.34. The smallest absolute Gasteiger partial charge is 0.336 e. The van der Waals surface area contributed by atoms with E-state index in [2.05, 4.69) is 4.72 Å². The van der Waals surface area contributed by atoms with Crippen LogP contribution in [0, 0.1) is 0 Å². The molecule has 2 unspecified atom stereocenters. The van der Waals surface area contributed by atoms with Crippen LogP contribution in [0.15, 0.2) is 24.3 Å². The van der Waals surface area contributed by atoms with Gasteiger partial charge in [0, 0.05) is 17.1 Å². The Morgan fingerprint density at radius 3 is 2.43 bits per heavy atom. The largest absolute Gasteiger partial charge is 0.338 e. The van der Waals surface area contributed by atoms with Crippen molar-refractivity contribution >= 4 is 21.9 Å². The zero-order chi connectivity index (χ0) is 17.1. The molecule has 1 heterocycles. The summed E-state index contributed by atoms with van der Waals surface area (Å²) in [5.41, 5.74) is 0.634. The lowest BCUT2D eigenvalue weighted by Gasteiger charge is -2.24. The number of nitrogens with one attached hydrogen (secondary N) is 1. The molecule has 0 radical (unpaired) electrons. The number of rotatable bonds is 7. The second kappa shape index (κ2) is 7.46. The molecule has 1 aliphatic heterocycles. The van der Waals surface area contributed by atoms with Gasteiger partial charge in [-0.25, -0.2) is 4.18 Å². The molecule has 0 bridgehead atoms. The fourth-order valence-electron chi connectivity index (χ4n) is 2.49. The highest BCUT2D eigenvalue weighted by atomic mass is 35.5. The average Bonchev–Trinajstić information content (AvgIpc) is 2.86. The van der Waals surface area contributed by atoms with Crippen molar-refractivity contribution in [3.63, 3.8) is 0 Å². The maximum atomic E-state index is 11.9. The molecule has 6 nitrogen and oxygen atoms in total. The summed E-state index contributed by atoms with van der Waals surface area (Å²) in [6, 6.07) is 7.08. The van der Waals surface area contributed by atoms with E-state index in [4.69, 9.17) is 25.3 Å². The molecule has 0 saturated carbocycles. The summed E-state index contributed by atoms with van der Waals surface area (Å²) in [7, 11) is -3.93. The van der Waals surface area contributed by atoms with E-state index in [1.807, 2.05) is 13.8 Å². The molecular formula is C15H22ClNO5S. The van der Waals surface area contributed by atoms with Crippen molar-refractivity contribution in [2.24, 2.45) is 0 Å². The Labute approximate surface area is 142 Å². The van der Waals surface area contributed by atoms with Crippen LogP contribution in [0.1, 0.15) is 45.3 Å². The Hall–Kier alpha value is -0.700. The Bertz CT molecular complexity index is 633. The van der Waals surface area contributed by atoms with Gasteiger partial charge in [-0.15, -0.1) is 0 Å². The molecule has 1 aromatic carbocycles. The van der Waals surface area contributed by atoms with Crippen molar-refractivity contribution in [1.29, 1.82) is 0 Å². The van der Waals surface area contributed by atoms with Gasteiger partial charge in [0.2, 0.25) is 6.29 Å². The molecule has 1 aliphatic rings. The van der Waals surface area contributed by atoms with Gasteiger partial charge in [-0.05, 0) is 18.9 Å². The molecule has 1 N–H and O–H groups in total. The van der Waals surface area contributed by atoms with E-state index in [-0.39, 0.29) is 6.54 Å².